The van der Waals surface area contributed by atoms with Gasteiger partial charge in [0.05, 0.1) is 18.2 Å². The molecule has 3 N–H and O–H groups in total. The Labute approximate surface area is 133 Å². The van der Waals surface area contributed by atoms with E-state index in [4.69, 9.17) is 9.84 Å². The Morgan fingerprint density at radius 3 is 2.61 bits per heavy atom. The lowest BCUT2D eigenvalue weighted by molar-refractivity contribution is 0.102. The third-order valence-corrected chi connectivity index (χ3v) is 3.65. The summed E-state index contributed by atoms with van der Waals surface area (Å²) in [6.45, 7) is 0.355. The topological polar surface area (TPSA) is 87.7 Å². The largest absolute Gasteiger partial charge is 0.492 e. The van der Waals surface area contributed by atoms with E-state index in [0.29, 0.717) is 35.6 Å². The standard InChI is InChI=1S/C17H16N2O4/c20-16(18-11-5-2-1-3-6-11)13-8-4-7-12-14(19-17(21)22)9-10-23-15(12)13/h1-8,14,19H,9-10H2,(H,18,20)(H,21,22). The SMILES string of the molecule is O=C(O)NC1CCOc2c(C(=O)Nc3ccccc3)cccc21. The predicted molar refractivity (Wildman–Crippen MR) is 84.9 cm³/mol. The van der Waals surface area contributed by atoms with E-state index in [9.17, 15) is 9.59 Å². The number of carbonyl (C=O) groups excluding carboxylic acids is 1. The van der Waals surface area contributed by atoms with Crippen LogP contribution in [0.4, 0.5) is 10.5 Å². The first-order valence-electron chi connectivity index (χ1n) is 7.26. The molecule has 1 atom stereocenters. The van der Waals surface area contributed by atoms with E-state index in [-0.39, 0.29) is 11.9 Å². The fourth-order valence-corrected chi connectivity index (χ4v) is 2.62. The Bertz CT molecular complexity index is 731. The normalized spacial score (nSPS) is 15.9. The summed E-state index contributed by atoms with van der Waals surface area (Å²) in [5, 5.41) is 14.2. The Morgan fingerprint density at radius 2 is 1.87 bits per heavy atom. The van der Waals surface area contributed by atoms with Crippen molar-refractivity contribution in [1.29, 1.82) is 0 Å². The molecule has 1 aliphatic rings. The highest BCUT2D eigenvalue weighted by Crippen LogP contribution is 2.35. The molecule has 6 heteroatoms. The number of ether oxygens (including phenoxy) is 1. The molecule has 6 nitrogen and oxygen atoms in total. The molecule has 1 unspecified atom stereocenters. The van der Waals surface area contributed by atoms with Crippen molar-refractivity contribution in [3.63, 3.8) is 0 Å². The van der Waals surface area contributed by atoms with Crippen molar-refractivity contribution in [2.75, 3.05) is 11.9 Å². The number of hydrogen-bond acceptors (Lipinski definition) is 3. The maximum Gasteiger partial charge on any atom is 0.405 e. The lowest BCUT2D eigenvalue weighted by Gasteiger charge is -2.27. The van der Waals surface area contributed by atoms with Gasteiger partial charge in [-0.05, 0) is 18.2 Å². The smallest absolute Gasteiger partial charge is 0.405 e. The number of benzene rings is 2. The van der Waals surface area contributed by atoms with Crippen LogP contribution in [0.2, 0.25) is 0 Å². The molecule has 0 aliphatic carbocycles. The van der Waals surface area contributed by atoms with Crippen LogP contribution < -0.4 is 15.4 Å². The van der Waals surface area contributed by atoms with Crippen molar-refractivity contribution in [3.8, 4) is 5.75 Å². The fraction of sp³-hybridized carbons (Fsp3) is 0.176. The summed E-state index contributed by atoms with van der Waals surface area (Å²) < 4.78 is 5.63. The van der Waals surface area contributed by atoms with Gasteiger partial charge in [-0.25, -0.2) is 4.79 Å². The van der Waals surface area contributed by atoms with Crippen LogP contribution in [0.5, 0.6) is 5.75 Å². The Hall–Kier alpha value is -3.02. The molecule has 3 rings (SSSR count). The highest BCUT2D eigenvalue weighted by Gasteiger charge is 2.27. The van der Waals surface area contributed by atoms with Crippen LogP contribution >= 0.6 is 0 Å². The molecule has 0 aromatic heterocycles. The number of carboxylic acid groups (broad SMARTS) is 1. The second-order valence-electron chi connectivity index (χ2n) is 5.18. The lowest BCUT2D eigenvalue weighted by Crippen LogP contribution is -2.31. The van der Waals surface area contributed by atoms with Crippen molar-refractivity contribution in [3.05, 3.63) is 59.7 Å². The van der Waals surface area contributed by atoms with E-state index in [0.717, 1.165) is 0 Å². The highest BCUT2D eigenvalue weighted by atomic mass is 16.5. The summed E-state index contributed by atoms with van der Waals surface area (Å²) in [6, 6.07) is 13.9. The molecule has 0 bridgehead atoms. The van der Waals surface area contributed by atoms with E-state index in [2.05, 4.69) is 10.6 Å². The van der Waals surface area contributed by atoms with E-state index in [1.54, 1.807) is 30.3 Å². The van der Waals surface area contributed by atoms with Gasteiger partial charge in [-0.2, -0.15) is 0 Å². The van der Waals surface area contributed by atoms with E-state index < -0.39 is 6.09 Å². The first-order valence-corrected chi connectivity index (χ1v) is 7.26. The summed E-state index contributed by atoms with van der Waals surface area (Å²) in [7, 11) is 0. The number of fused-ring (bicyclic) bond motifs is 1. The molecule has 2 aromatic rings. The minimum absolute atomic E-state index is 0.288. The van der Waals surface area contributed by atoms with Crippen molar-refractivity contribution in [2.45, 2.75) is 12.5 Å². The zero-order chi connectivity index (χ0) is 16.2. The molecule has 1 heterocycles. The van der Waals surface area contributed by atoms with Gasteiger partial charge in [0.1, 0.15) is 5.75 Å². The summed E-state index contributed by atoms with van der Waals surface area (Å²) in [6.07, 6.45) is -0.565. The average molecular weight is 312 g/mol. The molecule has 0 radical (unpaired) electrons. The number of rotatable bonds is 3. The molecule has 23 heavy (non-hydrogen) atoms. The number of carbonyl (C=O) groups is 2. The predicted octanol–water partition coefficient (Wildman–Crippen LogP) is 3.03. The molecule has 0 saturated heterocycles. The molecule has 0 fully saturated rings. The van der Waals surface area contributed by atoms with Gasteiger partial charge in [0, 0.05) is 17.7 Å². The zero-order valence-electron chi connectivity index (χ0n) is 12.3. The van der Waals surface area contributed by atoms with Crippen molar-refractivity contribution in [1.82, 2.24) is 5.32 Å². The Balaban J connectivity index is 1.89. The first kappa shape index (κ1) is 14.9. The van der Waals surface area contributed by atoms with Gasteiger partial charge >= 0.3 is 6.09 Å². The quantitative estimate of drug-likeness (QED) is 0.813. The summed E-state index contributed by atoms with van der Waals surface area (Å²) >= 11 is 0. The number of para-hydroxylation sites is 2. The zero-order valence-corrected chi connectivity index (χ0v) is 12.3. The van der Waals surface area contributed by atoms with Crippen molar-refractivity contribution in [2.24, 2.45) is 0 Å². The molecule has 0 spiro atoms. The van der Waals surface area contributed by atoms with Gasteiger partial charge in [-0.3, -0.25) is 4.79 Å². The van der Waals surface area contributed by atoms with Crippen LogP contribution in [0.3, 0.4) is 0 Å². The van der Waals surface area contributed by atoms with Crippen LogP contribution in [-0.4, -0.2) is 23.7 Å². The van der Waals surface area contributed by atoms with Crippen LogP contribution in [-0.2, 0) is 0 Å². The van der Waals surface area contributed by atoms with E-state index in [1.165, 1.54) is 0 Å². The highest BCUT2D eigenvalue weighted by molar-refractivity contribution is 6.06. The third-order valence-electron chi connectivity index (χ3n) is 3.65. The summed E-state index contributed by atoms with van der Waals surface area (Å²) in [5.41, 5.74) is 1.76. The number of nitrogens with one attached hydrogen (secondary N) is 2. The van der Waals surface area contributed by atoms with Gasteiger partial charge < -0.3 is 20.5 Å². The maximum absolute atomic E-state index is 12.5. The number of anilines is 1. The minimum atomic E-state index is -1.10. The van der Waals surface area contributed by atoms with Crippen LogP contribution in [0, 0.1) is 0 Å². The molecular weight excluding hydrogens is 296 g/mol. The minimum Gasteiger partial charge on any atom is -0.492 e. The molecular formula is C17H16N2O4. The van der Waals surface area contributed by atoms with Crippen LogP contribution in [0.15, 0.2) is 48.5 Å². The first-order chi connectivity index (χ1) is 11.1. The van der Waals surface area contributed by atoms with Gasteiger partial charge in [0.15, 0.2) is 0 Å². The van der Waals surface area contributed by atoms with Gasteiger partial charge in [-0.1, -0.05) is 30.3 Å². The number of hydrogen-bond donors (Lipinski definition) is 3. The fourth-order valence-electron chi connectivity index (χ4n) is 2.62. The van der Waals surface area contributed by atoms with Crippen LogP contribution in [0.25, 0.3) is 0 Å². The monoisotopic (exact) mass is 312 g/mol. The second-order valence-corrected chi connectivity index (χ2v) is 5.18. The summed E-state index contributed by atoms with van der Waals surface area (Å²) in [5.74, 6) is 0.148. The molecule has 2 aromatic carbocycles. The Morgan fingerprint density at radius 1 is 1.09 bits per heavy atom. The summed E-state index contributed by atoms with van der Waals surface area (Å²) in [4.78, 5) is 23.4. The third kappa shape index (κ3) is 3.26. The van der Waals surface area contributed by atoms with E-state index in [1.807, 2.05) is 18.2 Å². The second kappa shape index (κ2) is 6.39. The van der Waals surface area contributed by atoms with Gasteiger partial charge in [0.2, 0.25) is 0 Å². The number of amides is 2. The molecule has 2 amide bonds. The van der Waals surface area contributed by atoms with Gasteiger partial charge in [0.25, 0.3) is 5.91 Å². The Kier molecular flexibility index (Phi) is 4.14. The van der Waals surface area contributed by atoms with Crippen molar-refractivity contribution < 1.29 is 19.4 Å². The molecule has 1 aliphatic heterocycles. The van der Waals surface area contributed by atoms with E-state index >= 15 is 0 Å². The van der Waals surface area contributed by atoms with Gasteiger partial charge in [-0.15, -0.1) is 0 Å². The van der Waals surface area contributed by atoms with Crippen molar-refractivity contribution >= 4 is 17.7 Å². The molecule has 118 valence electrons. The molecule has 0 saturated carbocycles. The maximum atomic E-state index is 12.5. The average Bonchev–Trinajstić information content (AvgIpc) is 2.55. The van der Waals surface area contributed by atoms with Crippen LogP contribution in [0.1, 0.15) is 28.4 Å². The lowest BCUT2D eigenvalue weighted by atomic mass is 9.97.